The molecule has 0 unspecified atom stereocenters. The smallest absolute Gasteiger partial charge is 0.393 e. The third-order valence-electron chi connectivity index (χ3n) is 2.77. The van der Waals surface area contributed by atoms with Crippen molar-refractivity contribution in [1.29, 1.82) is 0 Å². The first-order valence-electron chi connectivity index (χ1n) is 5.66. The maximum absolute atomic E-state index is 6.08. The number of benzene rings is 1. The van der Waals surface area contributed by atoms with Crippen LogP contribution in [-0.4, -0.2) is 22.0 Å². The molecule has 0 aliphatic heterocycles. The Hall–Kier alpha value is -0.643. The van der Waals surface area contributed by atoms with Gasteiger partial charge in [-0.1, -0.05) is 31.2 Å². The fourth-order valence-corrected chi connectivity index (χ4v) is 3.03. The van der Waals surface area contributed by atoms with Crippen molar-refractivity contribution < 1.29 is 8.85 Å². The van der Waals surface area contributed by atoms with Crippen LogP contribution >= 0.6 is 0 Å². The van der Waals surface area contributed by atoms with Crippen LogP contribution in [0.4, 0.5) is 0 Å². The molecule has 0 amide bonds. The summed E-state index contributed by atoms with van der Waals surface area (Å²) in [5.41, 5.74) is 1.12. The van der Waals surface area contributed by atoms with Crippen LogP contribution in [0.2, 0.25) is 0 Å². The average Bonchev–Trinajstić information content (AvgIpc) is 2.27. The lowest BCUT2D eigenvalue weighted by molar-refractivity contribution is 0.0765. The summed E-state index contributed by atoms with van der Waals surface area (Å²) in [5, 5.41) is 1.21. The van der Waals surface area contributed by atoms with Crippen LogP contribution in [-0.2, 0) is 8.85 Å². The van der Waals surface area contributed by atoms with E-state index in [9.17, 15) is 0 Å². The molecule has 1 aromatic carbocycles. The summed E-state index contributed by atoms with van der Waals surface area (Å²) in [7, 11) is 0.368. The van der Waals surface area contributed by atoms with E-state index in [2.05, 4.69) is 39.8 Å². The van der Waals surface area contributed by atoms with Crippen LogP contribution in [0.1, 0.15) is 32.8 Å². The summed E-state index contributed by atoms with van der Waals surface area (Å²) in [6, 6.07) is 8.27. The Bertz CT molecular complexity index is 336. The van der Waals surface area contributed by atoms with Crippen molar-refractivity contribution in [2.24, 2.45) is 0 Å². The highest BCUT2D eigenvalue weighted by Gasteiger charge is 2.27. The van der Waals surface area contributed by atoms with Gasteiger partial charge in [0.05, 0.1) is 5.60 Å². The monoisotopic (exact) mass is 237 g/mol. The minimum Gasteiger partial charge on any atom is -0.393 e. The van der Waals surface area contributed by atoms with Gasteiger partial charge < -0.3 is 8.85 Å². The Labute approximate surface area is 100 Å². The van der Waals surface area contributed by atoms with Gasteiger partial charge in [0.15, 0.2) is 0 Å². The van der Waals surface area contributed by atoms with Crippen LogP contribution in [0.3, 0.4) is 0 Å². The van der Waals surface area contributed by atoms with Crippen LogP contribution in [0.5, 0.6) is 0 Å². The van der Waals surface area contributed by atoms with Crippen molar-refractivity contribution in [2.75, 3.05) is 7.11 Å². The summed E-state index contributed by atoms with van der Waals surface area (Å²) in [4.78, 5) is 0. The Morgan fingerprint density at radius 1 is 1.25 bits per heavy atom. The van der Waals surface area contributed by atoms with Gasteiger partial charge in [0.1, 0.15) is 0 Å². The topological polar surface area (TPSA) is 18.5 Å². The second kappa shape index (κ2) is 5.62. The highest BCUT2D eigenvalue weighted by Crippen LogP contribution is 2.15. The van der Waals surface area contributed by atoms with E-state index in [1.165, 1.54) is 10.8 Å². The minimum absolute atomic E-state index is 0.118. The molecule has 0 aliphatic carbocycles. The maximum Gasteiger partial charge on any atom is 0.424 e. The normalized spacial score (nSPS) is 12.1. The minimum atomic E-state index is -1.36. The van der Waals surface area contributed by atoms with Crippen molar-refractivity contribution in [3.05, 3.63) is 29.8 Å². The van der Waals surface area contributed by atoms with E-state index in [0.717, 1.165) is 6.42 Å². The first kappa shape index (κ1) is 13.4. The van der Waals surface area contributed by atoms with Crippen LogP contribution in [0, 0.1) is 6.92 Å². The maximum atomic E-state index is 6.08. The molecule has 89 valence electrons. The van der Waals surface area contributed by atoms with Gasteiger partial charge in [-0.05, 0) is 37.9 Å². The van der Waals surface area contributed by atoms with Gasteiger partial charge in [-0.2, -0.15) is 0 Å². The number of rotatable bonds is 5. The van der Waals surface area contributed by atoms with Gasteiger partial charge in [0.25, 0.3) is 0 Å². The first-order valence-corrected chi connectivity index (χ1v) is 6.98. The molecule has 0 heterocycles. The third kappa shape index (κ3) is 3.44. The lowest BCUT2D eigenvalue weighted by Gasteiger charge is -2.28. The van der Waals surface area contributed by atoms with Gasteiger partial charge in [-0.15, -0.1) is 0 Å². The molecule has 0 saturated carbocycles. The van der Waals surface area contributed by atoms with Crippen LogP contribution in [0.15, 0.2) is 24.3 Å². The van der Waals surface area contributed by atoms with E-state index in [0.29, 0.717) is 0 Å². The molecule has 0 atom stereocenters. The summed E-state index contributed by atoms with van der Waals surface area (Å²) in [6.45, 7) is 8.44. The summed E-state index contributed by atoms with van der Waals surface area (Å²) < 4.78 is 11.6. The van der Waals surface area contributed by atoms with Crippen LogP contribution < -0.4 is 5.19 Å². The predicted molar refractivity (Wildman–Crippen MR) is 69.0 cm³/mol. The Kier molecular flexibility index (Phi) is 4.71. The van der Waals surface area contributed by atoms with Crippen molar-refractivity contribution >= 4 is 14.5 Å². The fourth-order valence-electron chi connectivity index (χ4n) is 1.33. The Balaban J connectivity index is 2.87. The largest absolute Gasteiger partial charge is 0.424 e. The van der Waals surface area contributed by atoms with Crippen molar-refractivity contribution in [3.8, 4) is 0 Å². The molecule has 2 nitrogen and oxygen atoms in total. The predicted octanol–water partition coefficient (Wildman–Crippen LogP) is 2.54. The lowest BCUT2D eigenvalue weighted by Crippen LogP contribution is -2.44. The van der Waals surface area contributed by atoms with E-state index < -0.39 is 9.28 Å². The second-order valence-corrected chi connectivity index (χ2v) is 6.25. The van der Waals surface area contributed by atoms with E-state index in [1.54, 1.807) is 7.11 Å². The quantitative estimate of drug-likeness (QED) is 0.733. The fraction of sp³-hybridized carbons (Fsp3) is 0.538. The van der Waals surface area contributed by atoms with Gasteiger partial charge >= 0.3 is 9.28 Å². The molecular formula is C13H21O2Si. The van der Waals surface area contributed by atoms with Gasteiger partial charge in [0, 0.05) is 7.11 Å². The number of hydrogen-bond acceptors (Lipinski definition) is 2. The molecule has 0 N–H and O–H groups in total. The molecule has 0 saturated heterocycles. The van der Waals surface area contributed by atoms with E-state index in [1.807, 2.05) is 12.1 Å². The molecular weight excluding hydrogens is 216 g/mol. The Morgan fingerprint density at radius 3 is 2.38 bits per heavy atom. The molecule has 0 aromatic heterocycles. The van der Waals surface area contributed by atoms with Crippen LogP contribution in [0.25, 0.3) is 0 Å². The zero-order valence-corrected chi connectivity index (χ0v) is 11.8. The van der Waals surface area contributed by atoms with Crippen molar-refractivity contribution in [1.82, 2.24) is 0 Å². The van der Waals surface area contributed by atoms with Crippen molar-refractivity contribution in [3.63, 3.8) is 0 Å². The van der Waals surface area contributed by atoms with E-state index >= 15 is 0 Å². The third-order valence-corrected chi connectivity index (χ3v) is 4.88. The molecule has 0 bridgehead atoms. The highest BCUT2D eigenvalue weighted by molar-refractivity contribution is 6.61. The van der Waals surface area contributed by atoms with E-state index in [4.69, 9.17) is 8.85 Å². The van der Waals surface area contributed by atoms with Gasteiger partial charge in [-0.3, -0.25) is 0 Å². The summed E-state index contributed by atoms with van der Waals surface area (Å²) >= 11 is 0. The van der Waals surface area contributed by atoms with E-state index in [-0.39, 0.29) is 5.60 Å². The molecule has 0 aliphatic rings. The van der Waals surface area contributed by atoms with Crippen molar-refractivity contribution in [2.45, 2.75) is 39.7 Å². The molecule has 0 fully saturated rings. The second-order valence-electron chi connectivity index (χ2n) is 4.52. The molecule has 3 heteroatoms. The molecule has 16 heavy (non-hydrogen) atoms. The zero-order valence-electron chi connectivity index (χ0n) is 10.8. The lowest BCUT2D eigenvalue weighted by atomic mass is 10.1. The summed E-state index contributed by atoms with van der Waals surface area (Å²) in [6.07, 6.45) is 0.983. The number of aryl methyl sites for hydroxylation is 1. The average molecular weight is 237 g/mol. The molecule has 0 spiro atoms. The Morgan fingerprint density at radius 2 is 1.88 bits per heavy atom. The molecule has 1 rings (SSSR count). The highest BCUT2D eigenvalue weighted by atomic mass is 28.3. The summed E-state index contributed by atoms with van der Waals surface area (Å²) in [5.74, 6) is 0. The first-order chi connectivity index (χ1) is 7.50. The van der Waals surface area contributed by atoms with Gasteiger partial charge in [0.2, 0.25) is 0 Å². The standard InChI is InChI=1S/C13H21O2Si/c1-6-13(3,4)15-16(14-5)12-10-8-7-9-11(12)2/h7-10H,6H2,1-5H3. The zero-order chi connectivity index (χ0) is 12.2. The number of hydrogen-bond donors (Lipinski definition) is 0. The molecule has 1 radical (unpaired) electrons. The van der Waals surface area contributed by atoms with Gasteiger partial charge in [-0.25, -0.2) is 0 Å². The molecule has 1 aromatic rings. The SMILES string of the molecule is CCC(C)(C)O[Si](OC)c1ccccc1C.